The minimum absolute atomic E-state index is 0.153. The Morgan fingerprint density at radius 3 is 2.17 bits per heavy atom. The van der Waals surface area contributed by atoms with Gasteiger partial charge in [0.1, 0.15) is 0 Å². The van der Waals surface area contributed by atoms with Crippen LogP contribution in [-0.4, -0.2) is 37.0 Å². The molecule has 3 heteroatoms. The number of aryl methyl sites for hydroxylation is 1. The maximum Gasteiger partial charge on any atom is 0.253 e. The molecule has 2 aromatic rings. The zero-order valence-corrected chi connectivity index (χ0v) is 13.7. The van der Waals surface area contributed by atoms with Crippen LogP contribution in [0.1, 0.15) is 29.3 Å². The van der Waals surface area contributed by atoms with Gasteiger partial charge in [0.25, 0.3) is 5.91 Å². The molecule has 1 aliphatic heterocycles. The van der Waals surface area contributed by atoms with Gasteiger partial charge in [-0.1, -0.05) is 43.7 Å². The van der Waals surface area contributed by atoms with E-state index in [0.29, 0.717) is 0 Å². The topological polar surface area (TPSA) is 23.6 Å². The van der Waals surface area contributed by atoms with E-state index >= 15 is 0 Å². The first-order valence-corrected chi connectivity index (χ1v) is 8.46. The summed E-state index contributed by atoms with van der Waals surface area (Å²) in [7, 11) is 0. The number of anilines is 1. The molecule has 1 saturated heterocycles. The molecular weight excluding hydrogens is 284 g/mol. The number of carbonyl (C=O) groups excluding carboxylic acids is 1. The molecule has 0 aliphatic carbocycles. The van der Waals surface area contributed by atoms with Crippen LogP contribution >= 0.6 is 0 Å². The summed E-state index contributed by atoms with van der Waals surface area (Å²) in [4.78, 5) is 16.9. The van der Waals surface area contributed by atoms with Crippen molar-refractivity contribution in [1.82, 2.24) is 4.90 Å². The SMILES string of the molecule is CCCc1ccc(C(=O)N2CCN(c3ccccc3)CC2)cc1. The second kappa shape index (κ2) is 7.32. The number of benzene rings is 2. The Hall–Kier alpha value is -2.29. The lowest BCUT2D eigenvalue weighted by Gasteiger charge is -2.36. The highest BCUT2D eigenvalue weighted by atomic mass is 16.2. The van der Waals surface area contributed by atoms with Gasteiger partial charge in [-0.05, 0) is 36.2 Å². The summed E-state index contributed by atoms with van der Waals surface area (Å²) >= 11 is 0. The van der Waals surface area contributed by atoms with E-state index in [-0.39, 0.29) is 5.91 Å². The van der Waals surface area contributed by atoms with Crippen LogP contribution in [0.5, 0.6) is 0 Å². The van der Waals surface area contributed by atoms with Crippen LogP contribution in [0.3, 0.4) is 0 Å². The van der Waals surface area contributed by atoms with Crippen molar-refractivity contribution >= 4 is 11.6 Å². The van der Waals surface area contributed by atoms with Gasteiger partial charge in [-0.25, -0.2) is 0 Å². The zero-order valence-electron chi connectivity index (χ0n) is 13.7. The van der Waals surface area contributed by atoms with E-state index < -0.39 is 0 Å². The molecule has 2 aromatic carbocycles. The van der Waals surface area contributed by atoms with E-state index in [4.69, 9.17) is 0 Å². The summed E-state index contributed by atoms with van der Waals surface area (Å²) in [5.74, 6) is 0.153. The maximum absolute atomic E-state index is 12.6. The van der Waals surface area contributed by atoms with E-state index in [9.17, 15) is 4.79 Å². The zero-order chi connectivity index (χ0) is 16.1. The van der Waals surface area contributed by atoms with Crippen molar-refractivity contribution in [3.63, 3.8) is 0 Å². The number of rotatable bonds is 4. The van der Waals surface area contributed by atoms with Crippen LogP contribution in [0.4, 0.5) is 5.69 Å². The van der Waals surface area contributed by atoms with Crippen LogP contribution in [0.2, 0.25) is 0 Å². The number of hydrogen-bond acceptors (Lipinski definition) is 2. The fraction of sp³-hybridized carbons (Fsp3) is 0.350. The molecule has 0 atom stereocenters. The molecule has 1 fully saturated rings. The predicted octanol–water partition coefficient (Wildman–Crippen LogP) is 3.60. The van der Waals surface area contributed by atoms with Gasteiger partial charge >= 0.3 is 0 Å². The molecule has 0 N–H and O–H groups in total. The van der Waals surface area contributed by atoms with E-state index in [1.165, 1.54) is 11.3 Å². The quantitative estimate of drug-likeness (QED) is 0.861. The van der Waals surface area contributed by atoms with E-state index in [1.807, 2.05) is 23.1 Å². The molecule has 3 rings (SSSR count). The van der Waals surface area contributed by atoms with Crippen molar-refractivity contribution in [2.24, 2.45) is 0 Å². The van der Waals surface area contributed by atoms with Crippen LogP contribution in [0.15, 0.2) is 54.6 Å². The highest BCUT2D eigenvalue weighted by Gasteiger charge is 2.22. The molecule has 1 aliphatic rings. The second-order valence-electron chi connectivity index (χ2n) is 6.06. The fourth-order valence-corrected chi connectivity index (χ4v) is 3.09. The Bertz CT molecular complexity index is 628. The van der Waals surface area contributed by atoms with Crippen LogP contribution in [0, 0.1) is 0 Å². The predicted molar refractivity (Wildman–Crippen MR) is 95.0 cm³/mol. The lowest BCUT2D eigenvalue weighted by Crippen LogP contribution is -2.48. The molecule has 0 unspecified atom stereocenters. The number of hydrogen-bond donors (Lipinski definition) is 0. The fourth-order valence-electron chi connectivity index (χ4n) is 3.09. The first-order valence-electron chi connectivity index (χ1n) is 8.46. The summed E-state index contributed by atoms with van der Waals surface area (Å²) in [6.07, 6.45) is 2.21. The highest BCUT2D eigenvalue weighted by Crippen LogP contribution is 2.17. The summed E-state index contributed by atoms with van der Waals surface area (Å²) < 4.78 is 0. The van der Waals surface area contributed by atoms with E-state index in [0.717, 1.165) is 44.6 Å². The molecule has 0 saturated carbocycles. The third kappa shape index (κ3) is 3.73. The van der Waals surface area contributed by atoms with Crippen LogP contribution < -0.4 is 4.90 Å². The Labute approximate surface area is 138 Å². The third-order valence-corrected chi connectivity index (χ3v) is 4.43. The Morgan fingerprint density at radius 2 is 1.57 bits per heavy atom. The molecule has 0 bridgehead atoms. The first kappa shape index (κ1) is 15.6. The number of carbonyl (C=O) groups is 1. The van der Waals surface area contributed by atoms with Gasteiger partial charge in [-0.3, -0.25) is 4.79 Å². The first-order chi connectivity index (χ1) is 11.3. The number of para-hydroxylation sites is 1. The lowest BCUT2D eigenvalue weighted by molar-refractivity contribution is 0.0747. The maximum atomic E-state index is 12.6. The van der Waals surface area contributed by atoms with E-state index in [2.05, 4.69) is 48.2 Å². The molecular formula is C20H24N2O. The average Bonchev–Trinajstić information content (AvgIpc) is 2.63. The van der Waals surface area contributed by atoms with Gasteiger partial charge in [0.2, 0.25) is 0 Å². The molecule has 0 aromatic heterocycles. The van der Waals surface area contributed by atoms with Gasteiger partial charge in [0, 0.05) is 37.4 Å². The van der Waals surface area contributed by atoms with Crippen molar-refractivity contribution in [1.29, 1.82) is 0 Å². The molecule has 3 nitrogen and oxygen atoms in total. The van der Waals surface area contributed by atoms with Gasteiger partial charge in [0.15, 0.2) is 0 Å². The molecule has 0 spiro atoms. The van der Waals surface area contributed by atoms with Crippen molar-refractivity contribution < 1.29 is 4.79 Å². The van der Waals surface area contributed by atoms with Gasteiger partial charge in [-0.15, -0.1) is 0 Å². The monoisotopic (exact) mass is 308 g/mol. The lowest BCUT2D eigenvalue weighted by atomic mass is 10.1. The van der Waals surface area contributed by atoms with Crippen molar-refractivity contribution in [2.45, 2.75) is 19.8 Å². The number of nitrogens with zero attached hydrogens (tertiary/aromatic N) is 2. The minimum atomic E-state index is 0.153. The Kier molecular flexibility index (Phi) is 4.96. The molecule has 23 heavy (non-hydrogen) atoms. The number of amides is 1. The molecule has 1 amide bonds. The summed E-state index contributed by atoms with van der Waals surface area (Å²) in [6, 6.07) is 18.5. The van der Waals surface area contributed by atoms with Gasteiger partial charge in [-0.2, -0.15) is 0 Å². The standard InChI is InChI=1S/C20H24N2O/c1-2-6-17-9-11-18(12-10-17)20(23)22-15-13-21(14-16-22)19-7-4-3-5-8-19/h3-5,7-12H,2,6,13-16H2,1H3. The van der Waals surface area contributed by atoms with Crippen molar-refractivity contribution in [3.8, 4) is 0 Å². The smallest absolute Gasteiger partial charge is 0.253 e. The van der Waals surface area contributed by atoms with Crippen LogP contribution in [-0.2, 0) is 6.42 Å². The molecule has 120 valence electrons. The summed E-state index contributed by atoms with van der Waals surface area (Å²) in [6.45, 7) is 5.52. The minimum Gasteiger partial charge on any atom is -0.368 e. The second-order valence-corrected chi connectivity index (χ2v) is 6.06. The molecule has 0 radical (unpaired) electrons. The van der Waals surface area contributed by atoms with Gasteiger partial charge in [0.05, 0.1) is 0 Å². The highest BCUT2D eigenvalue weighted by molar-refractivity contribution is 5.94. The summed E-state index contributed by atoms with van der Waals surface area (Å²) in [5, 5.41) is 0. The van der Waals surface area contributed by atoms with Crippen molar-refractivity contribution in [3.05, 3.63) is 65.7 Å². The molecule has 1 heterocycles. The largest absolute Gasteiger partial charge is 0.368 e. The summed E-state index contributed by atoms with van der Waals surface area (Å²) in [5.41, 5.74) is 3.35. The van der Waals surface area contributed by atoms with Crippen molar-refractivity contribution in [2.75, 3.05) is 31.1 Å². The normalized spacial score (nSPS) is 14.8. The van der Waals surface area contributed by atoms with Gasteiger partial charge < -0.3 is 9.80 Å². The van der Waals surface area contributed by atoms with Crippen LogP contribution in [0.25, 0.3) is 0 Å². The average molecular weight is 308 g/mol. The third-order valence-electron chi connectivity index (χ3n) is 4.43. The van der Waals surface area contributed by atoms with E-state index in [1.54, 1.807) is 0 Å². The Morgan fingerprint density at radius 1 is 0.913 bits per heavy atom. The number of piperazine rings is 1. The Balaban J connectivity index is 1.59.